The van der Waals surface area contributed by atoms with E-state index in [0.29, 0.717) is 0 Å². The minimum absolute atomic E-state index is 0.168. The Morgan fingerprint density at radius 2 is 2.08 bits per heavy atom. The van der Waals surface area contributed by atoms with Crippen molar-refractivity contribution in [1.82, 2.24) is 4.90 Å². The number of amides is 1. The molecule has 1 aromatic heterocycles. The number of methoxy groups -OCH3 is 1. The zero-order chi connectivity index (χ0) is 16.6. The number of thiophene rings is 1. The van der Waals surface area contributed by atoms with E-state index in [1.165, 1.54) is 24.0 Å². The van der Waals surface area contributed by atoms with Gasteiger partial charge in [-0.1, -0.05) is 0 Å². The Labute approximate surface area is 148 Å². The van der Waals surface area contributed by atoms with E-state index in [-0.39, 0.29) is 17.6 Å². The first-order valence-electron chi connectivity index (χ1n) is 9.29. The van der Waals surface area contributed by atoms with Crippen molar-refractivity contribution in [3.8, 4) is 0 Å². The number of likely N-dealkylation sites (tertiary alicyclic amines) is 1. The first-order valence-corrected chi connectivity index (χ1v) is 10.2. The van der Waals surface area contributed by atoms with Crippen molar-refractivity contribution in [1.29, 1.82) is 0 Å². The molecule has 0 radical (unpaired) electrons. The summed E-state index contributed by atoms with van der Waals surface area (Å²) in [7, 11) is 1.79. The Kier molecular flexibility index (Phi) is 4.67. The largest absolute Gasteiger partial charge is 0.378 e. The summed E-state index contributed by atoms with van der Waals surface area (Å²) in [6.07, 6.45) is 8.81. The molecule has 3 aliphatic rings. The van der Waals surface area contributed by atoms with Crippen molar-refractivity contribution in [2.45, 2.75) is 63.1 Å². The average molecular weight is 349 g/mol. The van der Waals surface area contributed by atoms with Crippen LogP contribution in [0.2, 0.25) is 0 Å². The van der Waals surface area contributed by atoms with Gasteiger partial charge in [0.1, 0.15) is 0 Å². The second-order valence-corrected chi connectivity index (χ2v) is 8.23. The number of rotatable bonds is 2. The summed E-state index contributed by atoms with van der Waals surface area (Å²) in [5.74, 6) is 0.239. The number of hydrogen-bond acceptors (Lipinski definition) is 4. The molecule has 2 fully saturated rings. The van der Waals surface area contributed by atoms with Gasteiger partial charge in [0.25, 0.3) is 5.91 Å². The molecular formula is C19H27NO3S. The van der Waals surface area contributed by atoms with Gasteiger partial charge in [-0.2, -0.15) is 0 Å². The number of carbonyl (C=O) groups is 1. The van der Waals surface area contributed by atoms with Gasteiger partial charge in [0, 0.05) is 26.8 Å². The maximum atomic E-state index is 13.0. The third-order valence-corrected chi connectivity index (χ3v) is 7.13. The quantitative estimate of drug-likeness (QED) is 0.821. The van der Waals surface area contributed by atoms with Gasteiger partial charge in [0.05, 0.1) is 16.6 Å². The first kappa shape index (κ1) is 16.6. The van der Waals surface area contributed by atoms with Crippen LogP contribution in [0, 0.1) is 0 Å². The topological polar surface area (TPSA) is 38.8 Å². The van der Waals surface area contributed by atoms with Crippen LogP contribution in [-0.2, 0) is 22.3 Å². The molecule has 132 valence electrons. The van der Waals surface area contributed by atoms with E-state index in [9.17, 15) is 4.79 Å². The van der Waals surface area contributed by atoms with Gasteiger partial charge in [-0.25, -0.2) is 0 Å². The molecule has 24 heavy (non-hydrogen) atoms. The third-order valence-electron chi connectivity index (χ3n) is 6.07. The normalized spacial score (nSPS) is 26.4. The Morgan fingerprint density at radius 1 is 1.29 bits per heavy atom. The predicted octanol–water partition coefficient (Wildman–Crippen LogP) is 3.43. The number of piperidine rings is 1. The van der Waals surface area contributed by atoms with Crippen molar-refractivity contribution in [2.24, 2.45) is 0 Å². The molecule has 0 bridgehead atoms. The fraction of sp³-hybridized carbons (Fsp3) is 0.737. The van der Waals surface area contributed by atoms with Crippen molar-refractivity contribution >= 4 is 17.2 Å². The van der Waals surface area contributed by atoms with E-state index in [1.807, 2.05) is 4.90 Å². The fourth-order valence-electron chi connectivity index (χ4n) is 4.63. The lowest BCUT2D eigenvalue weighted by Gasteiger charge is -2.48. The lowest BCUT2D eigenvalue weighted by molar-refractivity contribution is -0.183. The van der Waals surface area contributed by atoms with E-state index in [0.717, 1.165) is 63.1 Å². The summed E-state index contributed by atoms with van der Waals surface area (Å²) in [5, 5.41) is 2.21. The third kappa shape index (κ3) is 2.80. The summed E-state index contributed by atoms with van der Waals surface area (Å²) in [6, 6.07) is 0. The van der Waals surface area contributed by atoms with Crippen molar-refractivity contribution in [3.05, 3.63) is 21.4 Å². The Bertz CT molecular complexity index is 604. The van der Waals surface area contributed by atoms with Crippen molar-refractivity contribution < 1.29 is 14.3 Å². The molecule has 1 amide bonds. The highest BCUT2D eigenvalue weighted by Crippen LogP contribution is 2.38. The zero-order valence-corrected chi connectivity index (χ0v) is 15.3. The average Bonchev–Trinajstić information content (AvgIpc) is 3.06. The molecule has 1 spiro atoms. The molecule has 2 aliphatic heterocycles. The van der Waals surface area contributed by atoms with Crippen LogP contribution >= 0.6 is 11.3 Å². The SMILES string of the molecule is CO[C@H]1CCCOC12CCN(C(=O)c1scc3c1CCCC3)CC2. The minimum atomic E-state index is -0.168. The van der Waals surface area contributed by atoms with Gasteiger partial charge in [0.2, 0.25) is 0 Å². The van der Waals surface area contributed by atoms with Crippen LogP contribution in [-0.4, -0.2) is 49.3 Å². The molecule has 0 saturated carbocycles. The second kappa shape index (κ2) is 6.77. The van der Waals surface area contributed by atoms with Gasteiger partial charge >= 0.3 is 0 Å². The van der Waals surface area contributed by atoms with Crippen molar-refractivity contribution in [3.63, 3.8) is 0 Å². The van der Waals surface area contributed by atoms with Crippen LogP contribution in [0.3, 0.4) is 0 Å². The van der Waals surface area contributed by atoms with Gasteiger partial charge in [-0.15, -0.1) is 11.3 Å². The molecule has 1 aromatic rings. The van der Waals surface area contributed by atoms with E-state index in [4.69, 9.17) is 9.47 Å². The molecule has 4 rings (SSSR count). The molecule has 5 heteroatoms. The van der Waals surface area contributed by atoms with Crippen LogP contribution < -0.4 is 0 Å². The number of nitrogens with zero attached hydrogens (tertiary/aromatic N) is 1. The molecule has 0 unspecified atom stereocenters. The standard InChI is InChI=1S/C19H27NO3S/c1-22-16-7-4-12-23-19(16)8-10-20(11-9-19)18(21)17-15-6-3-2-5-14(15)13-24-17/h13,16H,2-12H2,1H3/t16-/m0/s1. The summed E-state index contributed by atoms with van der Waals surface area (Å²) < 4.78 is 11.9. The number of hydrogen-bond donors (Lipinski definition) is 0. The number of aryl methyl sites for hydroxylation is 1. The van der Waals surface area contributed by atoms with Gasteiger partial charge in [-0.3, -0.25) is 4.79 Å². The van der Waals surface area contributed by atoms with Gasteiger partial charge in [0.15, 0.2) is 0 Å². The molecule has 0 N–H and O–H groups in total. The summed E-state index contributed by atoms with van der Waals surface area (Å²) >= 11 is 1.65. The van der Waals surface area contributed by atoms with E-state index < -0.39 is 0 Å². The van der Waals surface area contributed by atoms with E-state index in [1.54, 1.807) is 18.4 Å². The lowest BCUT2D eigenvalue weighted by Crippen LogP contribution is -2.56. The maximum Gasteiger partial charge on any atom is 0.264 e. The number of carbonyl (C=O) groups excluding carboxylic acids is 1. The summed E-state index contributed by atoms with van der Waals surface area (Å²) in [6.45, 7) is 2.39. The smallest absolute Gasteiger partial charge is 0.264 e. The van der Waals surface area contributed by atoms with Crippen LogP contribution in [0.4, 0.5) is 0 Å². The highest BCUT2D eigenvalue weighted by Gasteiger charge is 2.45. The molecular weight excluding hydrogens is 322 g/mol. The summed E-state index contributed by atoms with van der Waals surface area (Å²) in [5.41, 5.74) is 2.58. The molecule has 1 aliphatic carbocycles. The number of ether oxygens (including phenoxy) is 2. The van der Waals surface area contributed by atoms with Crippen molar-refractivity contribution in [2.75, 3.05) is 26.8 Å². The van der Waals surface area contributed by atoms with Gasteiger partial charge < -0.3 is 14.4 Å². The number of fused-ring (bicyclic) bond motifs is 1. The van der Waals surface area contributed by atoms with Crippen LogP contribution in [0.25, 0.3) is 0 Å². The molecule has 0 aromatic carbocycles. The molecule has 2 saturated heterocycles. The van der Waals surface area contributed by atoms with Gasteiger partial charge in [-0.05, 0) is 67.9 Å². The lowest BCUT2D eigenvalue weighted by atomic mass is 9.81. The second-order valence-electron chi connectivity index (χ2n) is 7.35. The Hall–Kier alpha value is -0.910. The van der Waals surface area contributed by atoms with Crippen LogP contribution in [0.5, 0.6) is 0 Å². The molecule has 4 nitrogen and oxygen atoms in total. The molecule has 3 heterocycles. The highest BCUT2D eigenvalue weighted by molar-refractivity contribution is 7.12. The Morgan fingerprint density at radius 3 is 2.88 bits per heavy atom. The van der Waals surface area contributed by atoms with E-state index in [2.05, 4.69) is 5.38 Å². The van der Waals surface area contributed by atoms with Crippen LogP contribution in [0.1, 0.15) is 59.3 Å². The van der Waals surface area contributed by atoms with E-state index >= 15 is 0 Å². The monoisotopic (exact) mass is 349 g/mol. The fourth-order valence-corrected chi connectivity index (χ4v) is 5.76. The predicted molar refractivity (Wildman–Crippen MR) is 94.8 cm³/mol. The molecule has 1 atom stereocenters. The first-order chi connectivity index (χ1) is 11.7. The highest BCUT2D eigenvalue weighted by atomic mass is 32.1. The van der Waals surface area contributed by atoms with Crippen LogP contribution in [0.15, 0.2) is 5.38 Å². The Balaban J connectivity index is 1.46. The zero-order valence-electron chi connectivity index (χ0n) is 14.5. The maximum absolute atomic E-state index is 13.0. The minimum Gasteiger partial charge on any atom is -0.378 e. The summed E-state index contributed by atoms with van der Waals surface area (Å²) in [4.78, 5) is 16.1.